The zero-order valence-corrected chi connectivity index (χ0v) is 9.88. The third-order valence-corrected chi connectivity index (χ3v) is 3.03. The van der Waals surface area contributed by atoms with Crippen LogP contribution in [0.15, 0.2) is 60.8 Å². The first kappa shape index (κ1) is 10.1. The van der Waals surface area contributed by atoms with E-state index in [1.165, 1.54) is 16.6 Å². The molecule has 0 amide bonds. The molecule has 84 valence electrons. The molecule has 2 aromatic carbocycles. The van der Waals surface area contributed by atoms with Crippen LogP contribution in [0.3, 0.4) is 0 Å². The van der Waals surface area contributed by atoms with Crippen LogP contribution in [-0.4, -0.2) is 4.68 Å². The van der Waals surface area contributed by atoms with Crippen LogP contribution in [0.5, 0.6) is 0 Å². The third kappa shape index (κ3) is 1.62. The van der Waals surface area contributed by atoms with Crippen molar-refractivity contribution in [2.75, 3.05) is 0 Å². The lowest BCUT2D eigenvalue weighted by Gasteiger charge is -2.02. The van der Waals surface area contributed by atoms with E-state index >= 15 is 0 Å². The van der Waals surface area contributed by atoms with Gasteiger partial charge in [0, 0.05) is 0 Å². The summed E-state index contributed by atoms with van der Waals surface area (Å²) in [5.74, 6) is 0. The lowest BCUT2D eigenvalue weighted by molar-refractivity contribution is -0.761. The summed E-state index contributed by atoms with van der Waals surface area (Å²) < 4.78 is 4.50. The fourth-order valence-electron chi connectivity index (χ4n) is 2.24. The van der Waals surface area contributed by atoms with Gasteiger partial charge in [-0.3, -0.25) is 0 Å². The van der Waals surface area contributed by atoms with E-state index in [2.05, 4.69) is 71.0 Å². The smallest absolute Gasteiger partial charge is 0.121 e. The zero-order chi connectivity index (χ0) is 11.7. The molecule has 0 saturated heterocycles. The van der Waals surface area contributed by atoms with Crippen molar-refractivity contribution in [3.05, 3.63) is 60.8 Å². The number of hydrogen-bond donors (Lipinski definition) is 0. The van der Waals surface area contributed by atoms with Gasteiger partial charge in [0.15, 0.2) is 6.54 Å². The number of benzene rings is 2. The van der Waals surface area contributed by atoms with E-state index in [-0.39, 0.29) is 0 Å². The number of aromatic nitrogens is 2. The maximum Gasteiger partial charge on any atom is 0.203 e. The van der Waals surface area contributed by atoms with Crippen LogP contribution in [0.1, 0.15) is 6.92 Å². The number of nitrogens with zero attached hydrogens (tertiary/aromatic N) is 2. The molecule has 0 atom stereocenters. The van der Waals surface area contributed by atoms with Crippen LogP contribution in [0, 0.1) is 0 Å². The SMILES string of the molecule is CC[n+]1cc2ccccc2n1-c1ccccc1. The first-order valence-electron chi connectivity index (χ1n) is 5.96. The van der Waals surface area contributed by atoms with E-state index < -0.39 is 0 Å². The van der Waals surface area contributed by atoms with Gasteiger partial charge in [-0.25, -0.2) is 0 Å². The summed E-state index contributed by atoms with van der Waals surface area (Å²) in [6, 6.07) is 19.0. The fourth-order valence-corrected chi connectivity index (χ4v) is 2.24. The van der Waals surface area contributed by atoms with Gasteiger partial charge in [-0.15, -0.1) is 9.36 Å². The second-order valence-corrected chi connectivity index (χ2v) is 4.09. The van der Waals surface area contributed by atoms with Crippen molar-refractivity contribution >= 4 is 10.9 Å². The molecule has 0 unspecified atom stereocenters. The van der Waals surface area contributed by atoms with E-state index in [4.69, 9.17) is 0 Å². The van der Waals surface area contributed by atoms with Gasteiger partial charge >= 0.3 is 0 Å². The molecule has 0 N–H and O–H groups in total. The Labute approximate surface area is 101 Å². The lowest BCUT2D eigenvalue weighted by Crippen LogP contribution is -2.40. The van der Waals surface area contributed by atoms with Crippen LogP contribution < -0.4 is 4.68 Å². The van der Waals surface area contributed by atoms with Gasteiger partial charge in [0.25, 0.3) is 0 Å². The summed E-state index contributed by atoms with van der Waals surface area (Å²) >= 11 is 0. The lowest BCUT2D eigenvalue weighted by atomic mass is 10.2. The molecule has 0 bridgehead atoms. The number of hydrogen-bond acceptors (Lipinski definition) is 0. The molecule has 0 saturated carbocycles. The second-order valence-electron chi connectivity index (χ2n) is 4.09. The minimum absolute atomic E-state index is 0.962. The first-order valence-corrected chi connectivity index (χ1v) is 5.96. The highest BCUT2D eigenvalue weighted by Gasteiger charge is 2.14. The first-order chi connectivity index (χ1) is 8.40. The number of aryl methyl sites for hydroxylation is 1. The highest BCUT2D eigenvalue weighted by atomic mass is 15.4. The Hall–Kier alpha value is -2.09. The summed E-state index contributed by atoms with van der Waals surface area (Å²) in [7, 11) is 0. The molecule has 17 heavy (non-hydrogen) atoms. The molecular formula is C15H15N2+. The Bertz CT molecular complexity index is 638. The minimum Gasteiger partial charge on any atom is -0.121 e. The van der Waals surface area contributed by atoms with E-state index in [1.807, 2.05) is 6.07 Å². The topological polar surface area (TPSA) is 8.81 Å². The van der Waals surface area contributed by atoms with Gasteiger partial charge in [0.05, 0.1) is 5.39 Å². The van der Waals surface area contributed by atoms with E-state index in [0.29, 0.717) is 0 Å². The molecule has 0 radical (unpaired) electrons. The Balaban J connectivity index is 2.34. The third-order valence-electron chi connectivity index (χ3n) is 3.03. The molecule has 0 aliphatic heterocycles. The quantitative estimate of drug-likeness (QED) is 0.591. The maximum atomic E-state index is 2.26. The van der Waals surface area contributed by atoms with E-state index in [1.54, 1.807) is 0 Å². The van der Waals surface area contributed by atoms with Crippen molar-refractivity contribution in [2.45, 2.75) is 13.5 Å². The average Bonchev–Trinajstić information content (AvgIpc) is 2.78. The average molecular weight is 223 g/mol. The van der Waals surface area contributed by atoms with Crippen molar-refractivity contribution < 1.29 is 4.68 Å². The Morgan fingerprint density at radius 2 is 1.65 bits per heavy atom. The van der Waals surface area contributed by atoms with Crippen LogP contribution in [-0.2, 0) is 6.54 Å². The van der Waals surface area contributed by atoms with Crippen LogP contribution in [0.25, 0.3) is 16.6 Å². The molecule has 2 nitrogen and oxygen atoms in total. The highest BCUT2D eigenvalue weighted by molar-refractivity contribution is 5.78. The predicted molar refractivity (Wildman–Crippen MR) is 69.1 cm³/mol. The standard InChI is InChI=1S/C15H15N2/c1-2-16-12-13-8-6-7-11-15(13)17(16)14-9-4-3-5-10-14/h3-12H,2H2,1H3/q+1. The summed E-state index contributed by atoms with van der Waals surface area (Å²) in [6.07, 6.45) is 2.20. The van der Waals surface area contributed by atoms with Crippen molar-refractivity contribution in [3.63, 3.8) is 0 Å². The Morgan fingerprint density at radius 3 is 2.41 bits per heavy atom. The van der Waals surface area contributed by atoms with E-state index in [9.17, 15) is 0 Å². The maximum absolute atomic E-state index is 2.26. The van der Waals surface area contributed by atoms with Gasteiger partial charge in [-0.05, 0) is 31.2 Å². The van der Waals surface area contributed by atoms with Crippen molar-refractivity contribution in [2.24, 2.45) is 0 Å². The molecule has 0 fully saturated rings. The molecule has 3 aromatic rings. The largest absolute Gasteiger partial charge is 0.203 e. The number of rotatable bonds is 2. The van der Waals surface area contributed by atoms with Gasteiger partial charge < -0.3 is 0 Å². The molecule has 0 aliphatic rings. The van der Waals surface area contributed by atoms with Crippen LogP contribution in [0.4, 0.5) is 0 Å². The summed E-state index contributed by atoms with van der Waals surface area (Å²) in [5.41, 5.74) is 2.45. The van der Waals surface area contributed by atoms with Crippen molar-refractivity contribution in [3.8, 4) is 5.69 Å². The van der Waals surface area contributed by atoms with Gasteiger partial charge in [0.2, 0.25) is 6.20 Å². The predicted octanol–water partition coefficient (Wildman–Crippen LogP) is 2.94. The minimum atomic E-state index is 0.962. The molecule has 0 aliphatic carbocycles. The van der Waals surface area contributed by atoms with Crippen molar-refractivity contribution in [1.29, 1.82) is 0 Å². The van der Waals surface area contributed by atoms with Crippen LogP contribution in [0.2, 0.25) is 0 Å². The second kappa shape index (κ2) is 4.06. The van der Waals surface area contributed by atoms with Crippen LogP contribution >= 0.6 is 0 Å². The zero-order valence-electron chi connectivity index (χ0n) is 9.88. The molecule has 2 heteroatoms. The van der Waals surface area contributed by atoms with E-state index in [0.717, 1.165) is 6.54 Å². The molecule has 1 heterocycles. The van der Waals surface area contributed by atoms with Gasteiger partial charge in [-0.2, -0.15) is 0 Å². The monoisotopic (exact) mass is 223 g/mol. The molecular weight excluding hydrogens is 208 g/mol. The van der Waals surface area contributed by atoms with Gasteiger partial charge in [-0.1, -0.05) is 30.3 Å². The number of fused-ring (bicyclic) bond motifs is 1. The summed E-state index contributed by atoms with van der Waals surface area (Å²) in [4.78, 5) is 0. The summed E-state index contributed by atoms with van der Waals surface area (Å²) in [6.45, 7) is 3.13. The fraction of sp³-hybridized carbons (Fsp3) is 0.133. The molecule has 3 rings (SSSR count). The highest BCUT2D eigenvalue weighted by Crippen LogP contribution is 2.16. The summed E-state index contributed by atoms with van der Waals surface area (Å²) in [5, 5.41) is 1.28. The Morgan fingerprint density at radius 1 is 0.941 bits per heavy atom. The van der Waals surface area contributed by atoms with Crippen molar-refractivity contribution in [1.82, 2.24) is 4.68 Å². The molecule has 1 aromatic heterocycles. The molecule has 0 spiro atoms. The normalized spacial score (nSPS) is 10.9. The number of para-hydroxylation sites is 2. The van der Waals surface area contributed by atoms with Gasteiger partial charge in [0.1, 0.15) is 11.2 Å². The Kier molecular flexibility index (Phi) is 2.41.